The van der Waals surface area contributed by atoms with E-state index in [1.165, 1.54) is 18.2 Å². The van der Waals surface area contributed by atoms with Crippen LogP contribution in [0.15, 0.2) is 47.4 Å². The second-order valence-corrected chi connectivity index (χ2v) is 5.93. The Balaban J connectivity index is 1.98. The minimum atomic E-state index is -4.36. The van der Waals surface area contributed by atoms with Gasteiger partial charge in [-0.2, -0.15) is 0 Å². The van der Waals surface area contributed by atoms with E-state index in [1.54, 1.807) is 6.07 Å². The van der Waals surface area contributed by atoms with Crippen molar-refractivity contribution < 1.29 is 26.3 Å². The first kappa shape index (κ1) is 16.3. The molecule has 0 aliphatic heterocycles. The second kappa shape index (κ2) is 6.80. The third kappa shape index (κ3) is 3.77. The number of sulfonamides is 1. The molecule has 0 heterocycles. The smallest absolute Gasteiger partial charge is 0.246 e. The summed E-state index contributed by atoms with van der Waals surface area (Å²) in [6, 6.07) is 8.34. The molecule has 0 aromatic heterocycles. The molecule has 0 amide bonds. The Morgan fingerprint density at radius 1 is 0.909 bits per heavy atom. The van der Waals surface area contributed by atoms with Crippen molar-refractivity contribution in [2.75, 3.05) is 13.2 Å². The van der Waals surface area contributed by atoms with Crippen LogP contribution in [0, 0.1) is 17.5 Å². The Hall–Kier alpha value is -2.06. The zero-order chi connectivity index (χ0) is 16.2. The Morgan fingerprint density at radius 2 is 1.50 bits per heavy atom. The minimum absolute atomic E-state index is 0.0428. The van der Waals surface area contributed by atoms with Gasteiger partial charge in [-0.25, -0.2) is 26.3 Å². The number of para-hydroxylation sites is 1. The van der Waals surface area contributed by atoms with Crippen molar-refractivity contribution in [3.63, 3.8) is 0 Å². The van der Waals surface area contributed by atoms with Crippen LogP contribution in [-0.4, -0.2) is 21.6 Å². The highest BCUT2D eigenvalue weighted by atomic mass is 32.2. The highest BCUT2D eigenvalue weighted by Gasteiger charge is 2.23. The van der Waals surface area contributed by atoms with Crippen molar-refractivity contribution in [2.24, 2.45) is 0 Å². The normalized spacial score (nSPS) is 11.4. The maximum atomic E-state index is 13.4. The molecule has 0 bridgehead atoms. The number of ether oxygens (including phenoxy) is 1. The molecule has 0 saturated carbocycles. The number of halogens is 3. The van der Waals surface area contributed by atoms with Crippen molar-refractivity contribution in [3.05, 3.63) is 59.9 Å². The minimum Gasteiger partial charge on any atom is -0.489 e. The molecule has 2 aromatic rings. The number of hydrogen-bond acceptors (Lipinski definition) is 3. The molecule has 2 aromatic carbocycles. The summed E-state index contributed by atoms with van der Waals surface area (Å²) in [6.45, 7) is -0.472. The summed E-state index contributed by atoms with van der Waals surface area (Å²) < 4.78 is 70.8. The molecule has 8 heteroatoms. The Morgan fingerprint density at radius 3 is 2.14 bits per heavy atom. The highest BCUT2D eigenvalue weighted by Crippen LogP contribution is 2.18. The SMILES string of the molecule is O=S(=O)(NCCOc1ccccc1F)c1c(F)cccc1F. The fourth-order valence-corrected chi connectivity index (χ4v) is 2.86. The van der Waals surface area contributed by atoms with Crippen molar-refractivity contribution in [2.45, 2.75) is 4.90 Å². The lowest BCUT2D eigenvalue weighted by atomic mass is 10.3. The first-order valence-electron chi connectivity index (χ1n) is 6.23. The molecule has 4 nitrogen and oxygen atoms in total. The Kier molecular flexibility index (Phi) is 5.04. The van der Waals surface area contributed by atoms with E-state index in [2.05, 4.69) is 0 Å². The van der Waals surface area contributed by atoms with Gasteiger partial charge in [-0.1, -0.05) is 18.2 Å². The van der Waals surface area contributed by atoms with E-state index in [0.29, 0.717) is 0 Å². The number of benzene rings is 2. The maximum absolute atomic E-state index is 13.4. The lowest BCUT2D eigenvalue weighted by Crippen LogP contribution is -2.29. The van der Waals surface area contributed by atoms with E-state index >= 15 is 0 Å². The molecule has 0 spiro atoms. The maximum Gasteiger partial charge on any atom is 0.246 e. The second-order valence-electron chi connectivity index (χ2n) is 4.23. The van der Waals surface area contributed by atoms with E-state index in [0.717, 1.165) is 18.2 Å². The third-order valence-corrected chi connectivity index (χ3v) is 4.19. The highest BCUT2D eigenvalue weighted by molar-refractivity contribution is 7.89. The van der Waals surface area contributed by atoms with E-state index in [1.807, 2.05) is 4.72 Å². The molecule has 22 heavy (non-hydrogen) atoms. The van der Waals surface area contributed by atoms with Gasteiger partial charge in [0.2, 0.25) is 10.0 Å². The first-order valence-corrected chi connectivity index (χ1v) is 7.71. The van der Waals surface area contributed by atoms with Crippen LogP contribution in [0.5, 0.6) is 5.75 Å². The summed E-state index contributed by atoms with van der Waals surface area (Å²) in [5, 5.41) is 0. The molecule has 0 aliphatic rings. The summed E-state index contributed by atoms with van der Waals surface area (Å²) >= 11 is 0. The zero-order valence-corrected chi connectivity index (χ0v) is 12.0. The molecular formula is C14H12F3NO3S. The fourth-order valence-electron chi connectivity index (χ4n) is 1.71. The molecule has 0 aliphatic carbocycles. The van der Waals surface area contributed by atoms with E-state index in [9.17, 15) is 21.6 Å². The standard InChI is InChI=1S/C14H12F3NO3S/c15-10-4-1-2-7-13(10)21-9-8-18-22(19,20)14-11(16)5-3-6-12(14)17/h1-7,18H,8-9H2. The van der Waals surface area contributed by atoms with Crippen molar-refractivity contribution in [1.29, 1.82) is 0 Å². The van der Waals surface area contributed by atoms with Crippen molar-refractivity contribution >= 4 is 10.0 Å². The largest absolute Gasteiger partial charge is 0.489 e. The van der Waals surface area contributed by atoms with Crippen LogP contribution in [0.25, 0.3) is 0 Å². The van der Waals surface area contributed by atoms with E-state index in [-0.39, 0.29) is 18.9 Å². The van der Waals surface area contributed by atoms with Crippen LogP contribution in [-0.2, 0) is 10.0 Å². The van der Waals surface area contributed by atoms with Gasteiger partial charge in [0.15, 0.2) is 16.5 Å². The lowest BCUT2D eigenvalue weighted by Gasteiger charge is -2.10. The predicted octanol–water partition coefficient (Wildman–Crippen LogP) is 2.46. The van der Waals surface area contributed by atoms with Crippen LogP contribution >= 0.6 is 0 Å². The Labute approximate surface area is 125 Å². The van der Waals surface area contributed by atoms with Gasteiger partial charge in [-0.15, -0.1) is 0 Å². The molecule has 0 saturated heterocycles. The van der Waals surface area contributed by atoms with Crippen LogP contribution in [0.4, 0.5) is 13.2 Å². The first-order chi connectivity index (χ1) is 10.4. The third-order valence-electron chi connectivity index (χ3n) is 2.68. The topological polar surface area (TPSA) is 55.4 Å². The summed E-state index contributed by atoms with van der Waals surface area (Å²) in [4.78, 5) is -1.05. The summed E-state index contributed by atoms with van der Waals surface area (Å²) in [6.07, 6.45) is 0. The van der Waals surface area contributed by atoms with Crippen LogP contribution in [0.2, 0.25) is 0 Å². The fraction of sp³-hybridized carbons (Fsp3) is 0.143. The molecular weight excluding hydrogens is 319 g/mol. The summed E-state index contributed by atoms with van der Waals surface area (Å²) in [5.74, 6) is -3.02. The number of hydrogen-bond donors (Lipinski definition) is 1. The zero-order valence-electron chi connectivity index (χ0n) is 11.2. The molecule has 0 atom stereocenters. The van der Waals surface area contributed by atoms with Gasteiger partial charge in [0.05, 0.1) is 0 Å². The number of nitrogens with one attached hydrogen (secondary N) is 1. The summed E-state index contributed by atoms with van der Waals surface area (Å²) in [7, 11) is -4.36. The van der Waals surface area contributed by atoms with Crippen LogP contribution in [0.1, 0.15) is 0 Å². The van der Waals surface area contributed by atoms with Crippen LogP contribution < -0.4 is 9.46 Å². The van der Waals surface area contributed by atoms with Gasteiger partial charge in [0.25, 0.3) is 0 Å². The molecule has 0 fully saturated rings. The monoisotopic (exact) mass is 331 g/mol. The lowest BCUT2D eigenvalue weighted by molar-refractivity contribution is 0.306. The average Bonchev–Trinajstić information content (AvgIpc) is 2.45. The van der Waals surface area contributed by atoms with Crippen LogP contribution in [0.3, 0.4) is 0 Å². The van der Waals surface area contributed by atoms with Gasteiger partial charge in [-0.3, -0.25) is 0 Å². The van der Waals surface area contributed by atoms with Gasteiger partial charge in [0, 0.05) is 6.54 Å². The van der Waals surface area contributed by atoms with Gasteiger partial charge < -0.3 is 4.74 Å². The quantitative estimate of drug-likeness (QED) is 0.828. The van der Waals surface area contributed by atoms with Gasteiger partial charge >= 0.3 is 0 Å². The summed E-state index contributed by atoms with van der Waals surface area (Å²) in [5.41, 5.74) is 0. The molecule has 2 rings (SSSR count). The molecule has 0 unspecified atom stereocenters. The molecule has 1 N–H and O–H groups in total. The van der Waals surface area contributed by atoms with E-state index < -0.39 is 32.4 Å². The Bertz CT molecular complexity index is 745. The van der Waals surface area contributed by atoms with Crippen molar-refractivity contribution in [3.8, 4) is 5.75 Å². The number of rotatable bonds is 6. The van der Waals surface area contributed by atoms with E-state index in [4.69, 9.17) is 4.74 Å². The average molecular weight is 331 g/mol. The molecule has 118 valence electrons. The molecule has 0 radical (unpaired) electrons. The van der Waals surface area contributed by atoms with Gasteiger partial charge in [-0.05, 0) is 24.3 Å². The van der Waals surface area contributed by atoms with Gasteiger partial charge in [0.1, 0.15) is 18.2 Å². The predicted molar refractivity (Wildman–Crippen MR) is 73.4 cm³/mol. The van der Waals surface area contributed by atoms with Crippen molar-refractivity contribution in [1.82, 2.24) is 4.72 Å².